The number of aryl methyl sites for hydroxylation is 2. The second-order valence-electron chi connectivity index (χ2n) is 3.58. The smallest absolute Gasteiger partial charge is 0.303 e. The van der Waals surface area contributed by atoms with Crippen molar-refractivity contribution in [3.63, 3.8) is 0 Å². The molecule has 0 radical (unpaired) electrons. The first-order valence-electron chi connectivity index (χ1n) is 4.74. The molecule has 1 aromatic carbocycles. The van der Waals surface area contributed by atoms with Gasteiger partial charge in [0.15, 0.2) is 12.4 Å². The molecule has 3 heteroatoms. The number of hydrogen-bond donors (Lipinski definition) is 0. The Kier molecular flexibility index (Phi) is 3.61. The van der Waals surface area contributed by atoms with Crippen molar-refractivity contribution >= 4 is 11.8 Å². The predicted molar refractivity (Wildman–Crippen MR) is 56.9 cm³/mol. The average molecular weight is 206 g/mol. The number of esters is 1. The monoisotopic (exact) mass is 206 g/mol. The van der Waals surface area contributed by atoms with Gasteiger partial charge in [0.1, 0.15) is 0 Å². The Labute approximate surface area is 89.1 Å². The van der Waals surface area contributed by atoms with E-state index < -0.39 is 5.97 Å². The Morgan fingerprint density at radius 1 is 1.13 bits per heavy atom. The van der Waals surface area contributed by atoms with Crippen LogP contribution < -0.4 is 0 Å². The normalized spacial score (nSPS) is 9.80. The molecule has 1 aromatic rings. The zero-order valence-corrected chi connectivity index (χ0v) is 9.16. The summed E-state index contributed by atoms with van der Waals surface area (Å²) in [4.78, 5) is 22.1. The first-order valence-corrected chi connectivity index (χ1v) is 4.74. The van der Waals surface area contributed by atoms with Gasteiger partial charge in [-0.25, -0.2) is 0 Å². The molecule has 0 aliphatic rings. The summed E-state index contributed by atoms with van der Waals surface area (Å²) in [7, 11) is 0. The van der Waals surface area contributed by atoms with Gasteiger partial charge in [0.25, 0.3) is 0 Å². The number of rotatable bonds is 3. The molecule has 0 saturated heterocycles. The van der Waals surface area contributed by atoms with Gasteiger partial charge >= 0.3 is 5.97 Å². The van der Waals surface area contributed by atoms with E-state index in [9.17, 15) is 9.59 Å². The van der Waals surface area contributed by atoms with E-state index in [0.717, 1.165) is 11.1 Å². The largest absolute Gasteiger partial charge is 0.457 e. The molecule has 3 nitrogen and oxygen atoms in total. The molecular weight excluding hydrogens is 192 g/mol. The van der Waals surface area contributed by atoms with Crippen molar-refractivity contribution in [3.8, 4) is 0 Å². The molecule has 0 N–H and O–H groups in total. The minimum atomic E-state index is -0.437. The molecule has 80 valence electrons. The highest BCUT2D eigenvalue weighted by molar-refractivity contribution is 5.98. The van der Waals surface area contributed by atoms with Crippen LogP contribution in [-0.4, -0.2) is 18.4 Å². The number of Topliss-reactive ketones (excluding diaryl/α,β-unsaturated/α-hetero) is 1. The highest BCUT2D eigenvalue weighted by atomic mass is 16.5. The van der Waals surface area contributed by atoms with Gasteiger partial charge < -0.3 is 4.74 Å². The lowest BCUT2D eigenvalue weighted by atomic mass is 10.0. The molecular formula is C12H14O3. The van der Waals surface area contributed by atoms with Gasteiger partial charge in [-0.05, 0) is 26.0 Å². The summed E-state index contributed by atoms with van der Waals surface area (Å²) in [6.45, 7) is 4.96. The maximum absolute atomic E-state index is 11.6. The van der Waals surface area contributed by atoms with Gasteiger partial charge in [-0.3, -0.25) is 9.59 Å². The van der Waals surface area contributed by atoms with Crippen molar-refractivity contribution in [2.45, 2.75) is 20.8 Å². The fraction of sp³-hybridized carbons (Fsp3) is 0.333. The molecule has 0 amide bonds. The van der Waals surface area contributed by atoms with Crippen molar-refractivity contribution in [2.24, 2.45) is 0 Å². The first kappa shape index (κ1) is 11.4. The second kappa shape index (κ2) is 4.73. The third kappa shape index (κ3) is 3.54. The summed E-state index contributed by atoms with van der Waals surface area (Å²) < 4.78 is 4.65. The maximum atomic E-state index is 11.6. The first-order chi connectivity index (χ1) is 6.99. The van der Waals surface area contributed by atoms with E-state index >= 15 is 0 Å². The topological polar surface area (TPSA) is 43.4 Å². The van der Waals surface area contributed by atoms with Crippen LogP contribution in [0.1, 0.15) is 28.4 Å². The van der Waals surface area contributed by atoms with Gasteiger partial charge in [-0.15, -0.1) is 0 Å². The van der Waals surface area contributed by atoms with E-state index in [1.165, 1.54) is 6.92 Å². The number of ketones is 1. The van der Waals surface area contributed by atoms with Crippen molar-refractivity contribution in [3.05, 3.63) is 34.9 Å². The van der Waals surface area contributed by atoms with Gasteiger partial charge in [0.05, 0.1) is 0 Å². The second-order valence-corrected chi connectivity index (χ2v) is 3.58. The lowest BCUT2D eigenvalue weighted by molar-refractivity contribution is -0.139. The minimum absolute atomic E-state index is 0.169. The SMILES string of the molecule is CC(=O)OCC(=O)c1cc(C)cc(C)c1. The standard InChI is InChI=1S/C12H14O3/c1-8-4-9(2)6-11(5-8)12(14)7-15-10(3)13/h4-6H,7H2,1-3H3. The maximum Gasteiger partial charge on any atom is 0.303 e. The fourth-order valence-electron chi connectivity index (χ4n) is 1.39. The van der Waals surface area contributed by atoms with Crippen molar-refractivity contribution < 1.29 is 14.3 Å². The zero-order valence-electron chi connectivity index (χ0n) is 9.16. The van der Waals surface area contributed by atoms with Crippen LogP contribution in [0.3, 0.4) is 0 Å². The van der Waals surface area contributed by atoms with Crippen LogP contribution in [0.2, 0.25) is 0 Å². The number of benzene rings is 1. The lowest BCUT2D eigenvalue weighted by Gasteiger charge is -2.04. The molecule has 0 aliphatic heterocycles. The number of carbonyl (C=O) groups is 2. The Morgan fingerprint density at radius 2 is 1.67 bits per heavy atom. The van der Waals surface area contributed by atoms with Gasteiger partial charge in [-0.1, -0.05) is 17.2 Å². The molecule has 0 spiro atoms. The van der Waals surface area contributed by atoms with Gasteiger partial charge in [0.2, 0.25) is 0 Å². The molecule has 0 unspecified atom stereocenters. The number of carbonyl (C=O) groups excluding carboxylic acids is 2. The Bertz CT molecular complexity index is 374. The summed E-state index contributed by atoms with van der Waals surface area (Å²) in [6.07, 6.45) is 0. The Morgan fingerprint density at radius 3 is 2.13 bits per heavy atom. The lowest BCUT2D eigenvalue weighted by Crippen LogP contribution is -2.12. The highest BCUT2D eigenvalue weighted by Crippen LogP contribution is 2.09. The molecule has 0 aromatic heterocycles. The van der Waals surface area contributed by atoms with E-state index in [1.807, 2.05) is 19.9 Å². The fourth-order valence-corrected chi connectivity index (χ4v) is 1.39. The molecule has 1 rings (SSSR count). The van der Waals surface area contributed by atoms with E-state index in [4.69, 9.17) is 0 Å². The Hall–Kier alpha value is -1.64. The van der Waals surface area contributed by atoms with E-state index in [-0.39, 0.29) is 12.4 Å². The Balaban J connectivity index is 2.77. The highest BCUT2D eigenvalue weighted by Gasteiger charge is 2.08. The summed E-state index contributed by atoms with van der Waals surface area (Å²) >= 11 is 0. The summed E-state index contributed by atoms with van der Waals surface area (Å²) in [5.41, 5.74) is 2.65. The van der Waals surface area contributed by atoms with Crippen LogP contribution >= 0.6 is 0 Å². The molecule has 0 saturated carbocycles. The summed E-state index contributed by atoms with van der Waals surface area (Å²) in [5.74, 6) is -0.607. The van der Waals surface area contributed by atoms with Gasteiger partial charge in [-0.2, -0.15) is 0 Å². The third-order valence-electron chi connectivity index (χ3n) is 1.95. The summed E-state index contributed by atoms with van der Waals surface area (Å²) in [6, 6.07) is 5.57. The quantitative estimate of drug-likeness (QED) is 0.561. The summed E-state index contributed by atoms with van der Waals surface area (Å²) in [5, 5.41) is 0. The van der Waals surface area contributed by atoms with Gasteiger partial charge in [0, 0.05) is 12.5 Å². The molecule has 0 bridgehead atoms. The molecule has 15 heavy (non-hydrogen) atoms. The van der Waals surface area contributed by atoms with Crippen LogP contribution in [0.5, 0.6) is 0 Å². The molecule has 0 heterocycles. The van der Waals surface area contributed by atoms with Crippen LogP contribution in [0.15, 0.2) is 18.2 Å². The molecule has 0 aliphatic carbocycles. The van der Waals surface area contributed by atoms with Crippen LogP contribution in [-0.2, 0) is 9.53 Å². The molecule has 0 fully saturated rings. The zero-order chi connectivity index (χ0) is 11.4. The van der Waals surface area contributed by atoms with Crippen LogP contribution in [0.4, 0.5) is 0 Å². The number of hydrogen-bond acceptors (Lipinski definition) is 3. The predicted octanol–water partition coefficient (Wildman–Crippen LogP) is 2.05. The third-order valence-corrected chi connectivity index (χ3v) is 1.95. The van der Waals surface area contributed by atoms with Crippen molar-refractivity contribution in [1.29, 1.82) is 0 Å². The number of ether oxygens (including phenoxy) is 1. The minimum Gasteiger partial charge on any atom is -0.457 e. The van der Waals surface area contributed by atoms with E-state index in [1.54, 1.807) is 12.1 Å². The average Bonchev–Trinajstić information content (AvgIpc) is 2.12. The van der Waals surface area contributed by atoms with Crippen LogP contribution in [0.25, 0.3) is 0 Å². The molecule has 0 atom stereocenters. The van der Waals surface area contributed by atoms with E-state index in [2.05, 4.69) is 4.74 Å². The van der Waals surface area contributed by atoms with E-state index in [0.29, 0.717) is 5.56 Å². The van der Waals surface area contributed by atoms with Crippen molar-refractivity contribution in [2.75, 3.05) is 6.61 Å². The van der Waals surface area contributed by atoms with Crippen molar-refractivity contribution in [1.82, 2.24) is 0 Å². The van der Waals surface area contributed by atoms with Crippen LogP contribution in [0, 0.1) is 13.8 Å².